The predicted molar refractivity (Wildman–Crippen MR) is 107 cm³/mol. The molecule has 0 aliphatic heterocycles. The summed E-state index contributed by atoms with van der Waals surface area (Å²) in [6.45, 7) is 3.90. The van der Waals surface area contributed by atoms with Crippen molar-refractivity contribution in [3.63, 3.8) is 0 Å². The monoisotopic (exact) mass is 408 g/mol. The highest BCUT2D eigenvalue weighted by Gasteiger charge is 2.26. The minimum atomic E-state index is -3.96. The van der Waals surface area contributed by atoms with Crippen LogP contribution in [0.1, 0.15) is 16.8 Å². The van der Waals surface area contributed by atoms with Crippen LogP contribution >= 0.6 is 11.6 Å². The van der Waals surface area contributed by atoms with Crippen LogP contribution in [0.25, 0.3) is 0 Å². The summed E-state index contributed by atoms with van der Waals surface area (Å²) in [6.07, 6.45) is 1.88. The van der Waals surface area contributed by atoms with Crippen LogP contribution in [0.3, 0.4) is 0 Å². The molecule has 144 valence electrons. The average molecular weight is 409 g/mol. The van der Waals surface area contributed by atoms with Crippen LogP contribution in [-0.2, 0) is 10.0 Å². The van der Waals surface area contributed by atoms with Gasteiger partial charge in [-0.05, 0) is 36.8 Å². The number of nitrogens with one attached hydrogen (secondary N) is 1. The maximum Gasteiger partial charge on any atom is 0.264 e. The van der Waals surface area contributed by atoms with Crippen molar-refractivity contribution in [1.29, 1.82) is 0 Å². The van der Waals surface area contributed by atoms with E-state index in [-0.39, 0.29) is 23.6 Å². The highest BCUT2D eigenvalue weighted by atomic mass is 35.5. The number of amides is 1. The number of anilines is 1. The molecule has 0 saturated heterocycles. The molecule has 0 aliphatic carbocycles. The molecule has 0 aliphatic rings. The second kappa shape index (κ2) is 9.55. The SMILES string of the molecule is C=CCN(c1ccccc1Cl)S(=O)(=O)c1cccc(C(=O)NCCCO)c1. The minimum Gasteiger partial charge on any atom is -0.396 e. The van der Waals surface area contributed by atoms with E-state index < -0.39 is 15.9 Å². The highest BCUT2D eigenvalue weighted by molar-refractivity contribution is 7.92. The maximum absolute atomic E-state index is 13.2. The van der Waals surface area contributed by atoms with Gasteiger partial charge in [-0.2, -0.15) is 0 Å². The summed E-state index contributed by atoms with van der Waals surface area (Å²) in [5.41, 5.74) is 0.545. The fourth-order valence-corrected chi connectivity index (χ4v) is 4.19. The minimum absolute atomic E-state index is 0.0268. The van der Waals surface area contributed by atoms with E-state index in [9.17, 15) is 13.2 Å². The number of carbonyl (C=O) groups excluding carboxylic acids is 1. The van der Waals surface area contributed by atoms with Crippen LogP contribution in [0.4, 0.5) is 5.69 Å². The van der Waals surface area contributed by atoms with Crippen molar-refractivity contribution in [2.75, 3.05) is 24.0 Å². The molecule has 0 spiro atoms. The molecule has 0 heterocycles. The normalized spacial score (nSPS) is 11.0. The summed E-state index contributed by atoms with van der Waals surface area (Å²) in [7, 11) is -3.96. The van der Waals surface area contributed by atoms with E-state index in [1.807, 2.05) is 0 Å². The molecule has 0 saturated carbocycles. The number of sulfonamides is 1. The Morgan fingerprint density at radius 2 is 1.96 bits per heavy atom. The smallest absolute Gasteiger partial charge is 0.264 e. The molecule has 2 rings (SSSR count). The molecule has 2 aromatic rings. The van der Waals surface area contributed by atoms with Gasteiger partial charge in [0, 0.05) is 18.7 Å². The summed E-state index contributed by atoms with van der Waals surface area (Å²) in [5, 5.41) is 11.7. The van der Waals surface area contributed by atoms with E-state index in [4.69, 9.17) is 16.7 Å². The number of carbonyl (C=O) groups is 1. The first-order valence-electron chi connectivity index (χ1n) is 8.29. The molecule has 0 fully saturated rings. The topological polar surface area (TPSA) is 86.7 Å². The summed E-state index contributed by atoms with van der Waals surface area (Å²) in [5.74, 6) is -0.409. The van der Waals surface area contributed by atoms with Gasteiger partial charge in [0.05, 0.1) is 22.2 Å². The van der Waals surface area contributed by atoms with Crippen molar-refractivity contribution in [3.8, 4) is 0 Å². The number of para-hydroxylation sites is 1. The molecule has 0 unspecified atom stereocenters. The van der Waals surface area contributed by atoms with Crippen LogP contribution in [-0.4, -0.2) is 39.1 Å². The van der Waals surface area contributed by atoms with Crippen molar-refractivity contribution < 1.29 is 18.3 Å². The second-order valence-electron chi connectivity index (χ2n) is 5.64. The third-order valence-electron chi connectivity index (χ3n) is 3.72. The molecular formula is C19H21ClN2O4S. The molecule has 2 N–H and O–H groups in total. The first-order chi connectivity index (χ1) is 12.9. The zero-order valence-electron chi connectivity index (χ0n) is 14.6. The van der Waals surface area contributed by atoms with Crippen LogP contribution in [0, 0.1) is 0 Å². The Hall–Kier alpha value is -2.35. The predicted octanol–water partition coefficient (Wildman–Crippen LogP) is 2.83. The van der Waals surface area contributed by atoms with Crippen molar-refractivity contribution in [2.45, 2.75) is 11.3 Å². The molecule has 1 amide bonds. The van der Waals surface area contributed by atoms with Gasteiger partial charge >= 0.3 is 0 Å². The Morgan fingerprint density at radius 3 is 2.63 bits per heavy atom. The lowest BCUT2D eigenvalue weighted by Crippen LogP contribution is -2.32. The first-order valence-corrected chi connectivity index (χ1v) is 10.1. The molecule has 2 aromatic carbocycles. The second-order valence-corrected chi connectivity index (χ2v) is 7.91. The Labute approximate surface area is 164 Å². The van der Waals surface area contributed by atoms with Gasteiger partial charge in [0.25, 0.3) is 15.9 Å². The number of halogens is 1. The van der Waals surface area contributed by atoms with E-state index in [0.717, 1.165) is 4.31 Å². The Bertz CT molecular complexity index is 915. The molecule has 27 heavy (non-hydrogen) atoms. The van der Waals surface area contributed by atoms with Crippen molar-refractivity contribution >= 4 is 33.2 Å². The number of hydrogen-bond acceptors (Lipinski definition) is 4. The van der Waals surface area contributed by atoms with Crippen molar-refractivity contribution in [3.05, 3.63) is 71.8 Å². The van der Waals surface area contributed by atoms with E-state index in [0.29, 0.717) is 23.7 Å². The average Bonchev–Trinajstić information content (AvgIpc) is 2.67. The van der Waals surface area contributed by atoms with Gasteiger partial charge in [-0.1, -0.05) is 35.9 Å². The molecule has 6 nitrogen and oxygen atoms in total. The van der Waals surface area contributed by atoms with Gasteiger partial charge in [0.1, 0.15) is 0 Å². The summed E-state index contributed by atoms with van der Waals surface area (Å²) in [4.78, 5) is 12.2. The number of nitrogens with zero attached hydrogens (tertiary/aromatic N) is 1. The van der Waals surface area contributed by atoms with E-state index >= 15 is 0 Å². The van der Waals surface area contributed by atoms with Gasteiger partial charge in [-0.25, -0.2) is 8.42 Å². The lowest BCUT2D eigenvalue weighted by atomic mass is 10.2. The first kappa shape index (κ1) is 21.0. The number of hydrogen-bond donors (Lipinski definition) is 2. The zero-order chi connectivity index (χ0) is 19.9. The number of aliphatic hydroxyl groups is 1. The van der Waals surface area contributed by atoms with Gasteiger partial charge < -0.3 is 10.4 Å². The summed E-state index contributed by atoms with van der Waals surface area (Å²) in [6, 6.07) is 12.4. The van der Waals surface area contributed by atoms with Crippen molar-refractivity contribution in [2.24, 2.45) is 0 Å². The van der Waals surface area contributed by atoms with Gasteiger partial charge in [0.2, 0.25) is 0 Å². The van der Waals surface area contributed by atoms with Gasteiger partial charge in [0.15, 0.2) is 0 Å². The molecule has 0 aromatic heterocycles. The van der Waals surface area contributed by atoms with E-state index in [2.05, 4.69) is 11.9 Å². The lowest BCUT2D eigenvalue weighted by molar-refractivity contribution is 0.0951. The third-order valence-corrected chi connectivity index (χ3v) is 5.82. The standard InChI is InChI=1S/C19H21ClN2O4S/c1-2-12-22(18-10-4-3-9-17(18)20)27(25,26)16-8-5-7-15(14-16)19(24)21-11-6-13-23/h2-5,7-10,14,23H,1,6,11-13H2,(H,21,24). The highest BCUT2D eigenvalue weighted by Crippen LogP contribution is 2.30. The molecular weight excluding hydrogens is 388 g/mol. The molecule has 0 radical (unpaired) electrons. The van der Waals surface area contributed by atoms with E-state index in [1.54, 1.807) is 24.3 Å². The molecule has 0 atom stereocenters. The third kappa shape index (κ3) is 5.09. The quantitative estimate of drug-likeness (QED) is 0.493. The number of benzene rings is 2. The Kier molecular flexibility index (Phi) is 7.41. The van der Waals surface area contributed by atoms with Crippen molar-refractivity contribution in [1.82, 2.24) is 5.32 Å². The van der Waals surface area contributed by atoms with Crippen LogP contribution in [0.2, 0.25) is 5.02 Å². The Balaban J connectivity index is 2.39. The van der Waals surface area contributed by atoms with Crippen LogP contribution < -0.4 is 9.62 Å². The summed E-state index contributed by atoms with van der Waals surface area (Å²) >= 11 is 6.18. The Morgan fingerprint density at radius 1 is 1.22 bits per heavy atom. The largest absolute Gasteiger partial charge is 0.396 e. The van der Waals surface area contributed by atoms with E-state index in [1.165, 1.54) is 30.3 Å². The van der Waals surface area contributed by atoms with Gasteiger partial charge in [-0.15, -0.1) is 6.58 Å². The fourth-order valence-electron chi connectivity index (χ4n) is 2.41. The number of rotatable bonds is 9. The van der Waals surface area contributed by atoms with Crippen LogP contribution in [0.5, 0.6) is 0 Å². The molecule has 8 heteroatoms. The molecule has 0 bridgehead atoms. The number of aliphatic hydroxyl groups excluding tert-OH is 1. The maximum atomic E-state index is 13.2. The van der Waals surface area contributed by atoms with Crippen LogP contribution in [0.15, 0.2) is 66.1 Å². The fraction of sp³-hybridized carbons (Fsp3) is 0.211. The summed E-state index contributed by atoms with van der Waals surface area (Å²) < 4.78 is 27.5. The zero-order valence-corrected chi connectivity index (χ0v) is 16.2. The lowest BCUT2D eigenvalue weighted by Gasteiger charge is -2.24. The van der Waals surface area contributed by atoms with Gasteiger partial charge in [-0.3, -0.25) is 9.10 Å².